The highest BCUT2D eigenvalue weighted by Gasteiger charge is 2.44. The van der Waals surface area contributed by atoms with Gasteiger partial charge in [-0.2, -0.15) is 4.31 Å². The number of hydrogen-bond acceptors (Lipinski definition) is 11. The molecule has 13 nitrogen and oxygen atoms in total. The summed E-state index contributed by atoms with van der Waals surface area (Å²) in [5.74, 6) is 1.22. The number of benzene rings is 2. The van der Waals surface area contributed by atoms with E-state index in [9.17, 15) is 18.3 Å². The zero-order valence-corrected chi connectivity index (χ0v) is 25.6. The fourth-order valence-corrected chi connectivity index (χ4v) is 7.13. The Morgan fingerprint density at radius 1 is 1.09 bits per heavy atom. The quantitative estimate of drug-likeness (QED) is 0.278. The third-order valence-electron chi connectivity index (χ3n) is 7.69. The van der Waals surface area contributed by atoms with Gasteiger partial charge in [0.25, 0.3) is 0 Å². The molecule has 14 heteroatoms. The van der Waals surface area contributed by atoms with Gasteiger partial charge < -0.3 is 44.0 Å². The number of carbonyl (C=O) groups is 1. The average molecular weight is 637 g/mol. The molecule has 5 atom stereocenters. The molecular weight excluding hydrogens is 596 g/mol. The smallest absolute Gasteiger partial charge is 0.407 e. The van der Waals surface area contributed by atoms with Crippen LogP contribution in [0.4, 0.5) is 4.79 Å². The van der Waals surface area contributed by atoms with Crippen molar-refractivity contribution in [3.8, 4) is 17.2 Å². The molecule has 3 heterocycles. The minimum atomic E-state index is -4.06. The van der Waals surface area contributed by atoms with Crippen LogP contribution in [-0.2, 0) is 30.7 Å². The third-order valence-corrected chi connectivity index (χ3v) is 9.52. The Balaban J connectivity index is 1.34. The van der Waals surface area contributed by atoms with Crippen molar-refractivity contribution in [3.05, 3.63) is 48.0 Å². The molecule has 0 spiro atoms. The van der Waals surface area contributed by atoms with E-state index in [4.69, 9.17) is 33.5 Å². The first kappa shape index (κ1) is 32.3. The summed E-state index contributed by atoms with van der Waals surface area (Å²) in [5, 5.41) is 23.3. The van der Waals surface area contributed by atoms with Crippen LogP contribution in [0.2, 0.25) is 0 Å². The lowest BCUT2D eigenvalue weighted by molar-refractivity contribution is -0.0907. The van der Waals surface area contributed by atoms with Crippen molar-refractivity contribution in [3.63, 3.8) is 0 Å². The minimum Gasteiger partial charge on any atom is -0.491 e. The van der Waals surface area contributed by atoms with E-state index in [-0.39, 0.29) is 62.9 Å². The number of nitrogens with zero attached hydrogens (tertiary/aromatic N) is 1. The van der Waals surface area contributed by atoms with Crippen molar-refractivity contribution in [2.45, 2.75) is 56.1 Å². The number of fused-ring (bicyclic) bond motifs is 2. The molecule has 0 aliphatic carbocycles. The van der Waals surface area contributed by atoms with Gasteiger partial charge in [-0.05, 0) is 48.6 Å². The second kappa shape index (κ2) is 14.3. The van der Waals surface area contributed by atoms with Gasteiger partial charge in [0.2, 0.25) is 16.8 Å². The molecule has 2 aromatic rings. The molecule has 2 fully saturated rings. The number of alkyl carbamates (subject to hydrolysis) is 1. The van der Waals surface area contributed by atoms with E-state index in [1.807, 2.05) is 13.8 Å². The zero-order valence-electron chi connectivity index (χ0n) is 24.8. The number of hydrogen-bond donors (Lipinski definition) is 3. The van der Waals surface area contributed by atoms with E-state index >= 15 is 0 Å². The maximum atomic E-state index is 13.8. The first-order valence-corrected chi connectivity index (χ1v) is 16.2. The van der Waals surface area contributed by atoms with E-state index in [2.05, 4.69) is 5.32 Å². The molecule has 0 bridgehead atoms. The van der Waals surface area contributed by atoms with Crippen molar-refractivity contribution >= 4 is 16.1 Å². The highest BCUT2D eigenvalue weighted by Crippen LogP contribution is 2.35. The Bertz CT molecular complexity index is 1370. The topological polar surface area (TPSA) is 162 Å². The summed E-state index contributed by atoms with van der Waals surface area (Å²) in [6.45, 7) is 4.37. The number of rotatable bonds is 14. The van der Waals surface area contributed by atoms with Crippen LogP contribution in [0.25, 0.3) is 0 Å². The van der Waals surface area contributed by atoms with Gasteiger partial charge in [-0.25, -0.2) is 13.2 Å². The molecule has 2 saturated heterocycles. The molecule has 3 aliphatic heterocycles. The van der Waals surface area contributed by atoms with Gasteiger partial charge >= 0.3 is 6.09 Å². The van der Waals surface area contributed by atoms with Gasteiger partial charge in [-0.3, -0.25) is 0 Å². The number of aliphatic hydroxyl groups excluding tert-OH is 2. The lowest BCUT2D eigenvalue weighted by Crippen LogP contribution is -2.51. The molecule has 3 aliphatic rings. The Kier molecular flexibility index (Phi) is 10.5. The summed E-state index contributed by atoms with van der Waals surface area (Å²) in [7, 11) is -4.06. The van der Waals surface area contributed by atoms with E-state index in [1.165, 1.54) is 16.4 Å². The van der Waals surface area contributed by atoms with Crippen molar-refractivity contribution < 1.29 is 51.8 Å². The average Bonchev–Trinajstić information content (AvgIpc) is 3.74. The lowest BCUT2D eigenvalue weighted by Gasteiger charge is -2.31. The normalized spacial score (nSPS) is 22.2. The number of ether oxygens (including phenoxy) is 6. The Hall–Kier alpha value is -3.14. The van der Waals surface area contributed by atoms with Gasteiger partial charge in [-0.1, -0.05) is 26.0 Å². The third kappa shape index (κ3) is 7.73. The summed E-state index contributed by atoms with van der Waals surface area (Å²) in [6.07, 6.45) is -2.06. The van der Waals surface area contributed by atoms with E-state index < -0.39 is 40.7 Å². The molecule has 3 N–H and O–H groups in total. The predicted octanol–water partition coefficient (Wildman–Crippen LogP) is 1.89. The first-order chi connectivity index (χ1) is 21.1. The molecule has 44 heavy (non-hydrogen) atoms. The lowest BCUT2D eigenvalue weighted by atomic mass is 10.0. The summed E-state index contributed by atoms with van der Waals surface area (Å²) in [6, 6.07) is 10.5. The van der Waals surface area contributed by atoms with Crippen molar-refractivity contribution in [1.82, 2.24) is 9.62 Å². The van der Waals surface area contributed by atoms with Gasteiger partial charge in [0.1, 0.15) is 18.5 Å². The van der Waals surface area contributed by atoms with Gasteiger partial charge in [-0.15, -0.1) is 0 Å². The predicted molar refractivity (Wildman–Crippen MR) is 156 cm³/mol. The number of nitrogens with one attached hydrogen (secondary N) is 1. The molecular formula is C30H40N2O11S. The second-order valence-electron chi connectivity index (χ2n) is 11.4. The Labute approximate surface area is 257 Å². The van der Waals surface area contributed by atoms with Gasteiger partial charge in [0.05, 0.1) is 42.8 Å². The molecule has 0 aromatic heterocycles. The molecule has 242 valence electrons. The fraction of sp³-hybridized carbons (Fsp3) is 0.567. The largest absolute Gasteiger partial charge is 0.491 e. The van der Waals surface area contributed by atoms with Crippen molar-refractivity contribution in [2.24, 2.45) is 11.8 Å². The summed E-state index contributed by atoms with van der Waals surface area (Å²) < 4.78 is 61.8. The zero-order chi connectivity index (χ0) is 31.3. The standard InChI is InChI=1S/C30H40N2O11S/c1-19(2)15-32(44(36,37)22-7-8-26-27(14-22)42-18-41-26)16-25(34)24(13-20-3-5-21(6-4-20)38-12-10-33)31-30(35)43-28-17-40-29-23(28)9-11-39-29/h3-8,14,19,23-25,28-29,33-34H,9-13,15-18H2,1-2H3,(H,31,35)/t23?,24-,25+,28-,29?/m0/s1. The van der Waals surface area contributed by atoms with Crippen LogP contribution in [0, 0.1) is 11.8 Å². The van der Waals surface area contributed by atoms with Gasteiger partial charge in [0.15, 0.2) is 17.8 Å². The monoisotopic (exact) mass is 636 g/mol. The van der Waals surface area contributed by atoms with Crippen LogP contribution in [0.1, 0.15) is 25.8 Å². The van der Waals surface area contributed by atoms with Crippen LogP contribution in [-0.4, -0.2) is 99.9 Å². The highest BCUT2D eigenvalue weighted by molar-refractivity contribution is 7.89. The Morgan fingerprint density at radius 2 is 1.86 bits per heavy atom. The molecule has 2 unspecified atom stereocenters. The van der Waals surface area contributed by atoms with Gasteiger partial charge in [0, 0.05) is 19.2 Å². The van der Waals surface area contributed by atoms with Crippen molar-refractivity contribution in [2.75, 3.05) is 46.3 Å². The van der Waals surface area contributed by atoms with Crippen LogP contribution in [0.15, 0.2) is 47.4 Å². The van der Waals surface area contributed by atoms with Crippen LogP contribution >= 0.6 is 0 Å². The molecule has 0 radical (unpaired) electrons. The van der Waals surface area contributed by atoms with Crippen molar-refractivity contribution in [1.29, 1.82) is 0 Å². The van der Waals surface area contributed by atoms with E-state index in [0.29, 0.717) is 30.3 Å². The number of sulfonamides is 1. The molecule has 2 aromatic carbocycles. The highest BCUT2D eigenvalue weighted by atomic mass is 32.2. The molecule has 0 saturated carbocycles. The number of carbonyl (C=O) groups excluding carboxylic acids is 1. The van der Waals surface area contributed by atoms with Crippen LogP contribution in [0.5, 0.6) is 17.2 Å². The fourth-order valence-electron chi connectivity index (χ4n) is 5.49. The maximum absolute atomic E-state index is 13.8. The summed E-state index contributed by atoms with van der Waals surface area (Å²) in [4.78, 5) is 13.1. The number of aliphatic hydroxyl groups is 2. The Morgan fingerprint density at radius 3 is 2.61 bits per heavy atom. The SMILES string of the molecule is CC(C)CN(C[C@@H](O)[C@H](Cc1ccc(OCCO)cc1)NC(=O)O[C@H]1COC2OCCC21)S(=O)(=O)c1ccc2c(c1)OCO2. The summed E-state index contributed by atoms with van der Waals surface area (Å²) in [5.41, 5.74) is 0.758. The maximum Gasteiger partial charge on any atom is 0.407 e. The molecule has 1 amide bonds. The molecule has 5 rings (SSSR count). The van der Waals surface area contributed by atoms with E-state index in [1.54, 1.807) is 30.3 Å². The van der Waals surface area contributed by atoms with Crippen LogP contribution < -0.4 is 19.5 Å². The minimum absolute atomic E-state index is 0.00607. The first-order valence-electron chi connectivity index (χ1n) is 14.7. The van der Waals surface area contributed by atoms with Crippen LogP contribution in [0.3, 0.4) is 0 Å². The second-order valence-corrected chi connectivity index (χ2v) is 13.4. The number of amides is 1. The summed E-state index contributed by atoms with van der Waals surface area (Å²) >= 11 is 0. The van der Waals surface area contributed by atoms with E-state index in [0.717, 1.165) is 5.56 Å².